The molecule has 0 aliphatic carbocycles. The molecule has 0 saturated heterocycles. The van der Waals surface area contributed by atoms with E-state index in [1.165, 1.54) is 0 Å². The molecule has 84 valence electrons. The lowest BCUT2D eigenvalue weighted by molar-refractivity contribution is 0.0476. The molecule has 0 aromatic carbocycles. The molecule has 0 spiro atoms. The van der Waals surface area contributed by atoms with Gasteiger partial charge in [0.15, 0.2) is 0 Å². The largest absolute Gasteiger partial charge is 0.444 e. The van der Waals surface area contributed by atoms with Gasteiger partial charge in [-0.05, 0) is 20.8 Å². The fourth-order valence-corrected chi connectivity index (χ4v) is 1.21. The number of alkyl carbamates (subject to hydrolysis) is 1. The Hall–Kier alpha value is -0.290. The van der Waals surface area contributed by atoms with E-state index in [1.807, 2.05) is 20.8 Å². The third-order valence-corrected chi connectivity index (χ3v) is 2.10. The number of hydrogen-bond acceptors (Lipinski definition) is 3. The highest BCUT2D eigenvalue weighted by Gasteiger charge is 2.16. The molecule has 1 unspecified atom stereocenters. The zero-order chi connectivity index (χ0) is 11.2. The SMILES string of the molecule is COC(CBr)CNC(=O)OC(C)(C)C. The molecule has 0 fully saturated rings. The molecule has 0 saturated carbocycles. The van der Waals surface area contributed by atoms with Crippen molar-refractivity contribution in [3.8, 4) is 0 Å². The van der Waals surface area contributed by atoms with Gasteiger partial charge in [0.05, 0.1) is 6.10 Å². The predicted octanol–water partition coefficient (Wildman–Crippen LogP) is 1.92. The monoisotopic (exact) mass is 267 g/mol. The summed E-state index contributed by atoms with van der Waals surface area (Å²) in [5, 5.41) is 3.30. The normalized spacial score (nSPS) is 13.5. The van der Waals surface area contributed by atoms with Crippen molar-refractivity contribution < 1.29 is 14.3 Å². The zero-order valence-corrected chi connectivity index (χ0v) is 10.7. The van der Waals surface area contributed by atoms with Crippen LogP contribution in [-0.4, -0.2) is 36.8 Å². The second kappa shape index (κ2) is 6.24. The van der Waals surface area contributed by atoms with E-state index in [1.54, 1.807) is 7.11 Å². The van der Waals surface area contributed by atoms with Crippen molar-refractivity contribution in [2.24, 2.45) is 0 Å². The van der Waals surface area contributed by atoms with Crippen LogP contribution in [0.15, 0.2) is 0 Å². The highest BCUT2D eigenvalue weighted by atomic mass is 79.9. The summed E-state index contributed by atoms with van der Waals surface area (Å²) in [7, 11) is 1.60. The number of methoxy groups -OCH3 is 1. The molecule has 1 amide bonds. The number of nitrogens with one attached hydrogen (secondary N) is 1. The van der Waals surface area contributed by atoms with Gasteiger partial charge < -0.3 is 14.8 Å². The predicted molar refractivity (Wildman–Crippen MR) is 58.8 cm³/mol. The van der Waals surface area contributed by atoms with Gasteiger partial charge in [0.25, 0.3) is 0 Å². The minimum Gasteiger partial charge on any atom is -0.444 e. The quantitative estimate of drug-likeness (QED) is 0.792. The molecule has 0 aromatic heterocycles. The summed E-state index contributed by atoms with van der Waals surface area (Å²) >= 11 is 3.27. The molecule has 1 atom stereocenters. The maximum atomic E-state index is 11.2. The summed E-state index contributed by atoms with van der Waals surface area (Å²) in [6, 6.07) is 0. The van der Waals surface area contributed by atoms with E-state index in [0.29, 0.717) is 11.9 Å². The summed E-state index contributed by atoms with van der Waals surface area (Å²) in [6.07, 6.45) is -0.442. The Morgan fingerprint density at radius 3 is 2.43 bits per heavy atom. The van der Waals surface area contributed by atoms with Crippen LogP contribution in [0.4, 0.5) is 4.79 Å². The van der Waals surface area contributed by atoms with E-state index in [4.69, 9.17) is 9.47 Å². The van der Waals surface area contributed by atoms with Crippen molar-refractivity contribution in [3.05, 3.63) is 0 Å². The van der Waals surface area contributed by atoms with E-state index in [-0.39, 0.29) is 6.10 Å². The van der Waals surface area contributed by atoms with Crippen LogP contribution in [0.5, 0.6) is 0 Å². The first-order chi connectivity index (χ1) is 6.39. The summed E-state index contributed by atoms with van der Waals surface area (Å²) in [4.78, 5) is 11.2. The van der Waals surface area contributed by atoms with Crippen LogP contribution in [0, 0.1) is 0 Å². The van der Waals surface area contributed by atoms with Crippen LogP contribution in [0.1, 0.15) is 20.8 Å². The van der Waals surface area contributed by atoms with Gasteiger partial charge in [0.1, 0.15) is 5.60 Å². The number of alkyl halides is 1. The van der Waals surface area contributed by atoms with Gasteiger partial charge in [-0.3, -0.25) is 0 Å². The molecule has 1 N–H and O–H groups in total. The minimum atomic E-state index is -0.457. The number of halogens is 1. The van der Waals surface area contributed by atoms with Crippen LogP contribution in [0.3, 0.4) is 0 Å². The number of hydrogen-bond donors (Lipinski definition) is 1. The Morgan fingerprint density at radius 2 is 2.07 bits per heavy atom. The second-order valence-corrected chi connectivity index (χ2v) is 4.54. The molecule has 14 heavy (non-hydrogen) atoms. The maximum absolute atomic E-state index is 11.2. The fourth-order valence-electron chi connectivity index (χ4n) is 0.712. The van der Waals surface area contributed by atoms with Crippen molar-refractivity contribution in [3.63, 3.8) is 0 Å². The van der Waals surface area contributed by atoms with Crippen molar-refractivity contribution in [1.82, 2.24) is 5.32 Å². The summed E-state index contributed by atoms with van der Waals surface area (Å²) in [6.45, 7) is 5.91. The average molecular weight is 268 g/mol. The van der Waals surface area contributed by atoms with Crippen molar-refractivity contribution in [2.45, 2.75) is 32.5 Å². The van der Waals surface area contributed by atoms with Crippen LogP contribution < -0.4 is 5.32 Å². The van der Waals surface area contributed by atoms with E-state index >= 15 is 0 Å². The fraction of sp³-hybridized carbons (Fsp3) is 0.889. The van der Waals surface area contributed by atoms with Crippen molar-refractivity contribution >= 4 is 22.0 Å². The van der Waals surface area contributed by atoms with Crippen LogP contribution in [0.2, 0.25) is 0 Å². The Kier molecular flexibility index (Phi) is 6.11. The van der Waals surface area contributed by atoms with E-state index in [2.05, 4.69) is 21.2 Å². The van der Waals surface area contributed by atoms with Crippen molar-refractivity contribution in [2.75, 3.05) is 19.0 Å². The van der Waals surface area contributed by atoms with Gasteiger partial charge in [0.2, 0.25) is 0 Å². The first-order valence-corrected chi connectivity index (χ1v) is 5.57. The highest BCUT2D eigenvalue weighted by Crippen LogP contribution is 2.06. The molecule has 0 bridgehead atoms. The molecular formula is C9H18BrNO3. The number of rotatable bonds is 4. The lowest BCUT2D eigenvalue weighted by Gasteiger charge is -2.20. The Morgan fingerprint density at radius 1 is 1.50 bits per heavy atom. The molecule has 0 aliphatic rings. The second-order valence-electron chi connectivity index (χ2n) is 3.89. The van der Waals surface area contributed by atoms with Gasteiger partial charge in [0, 0.05) is 19.0 Å². The number of amides is 1. The van der Waals surface area contributed by atoms with Crippen molar-refractivity contribution in [1.29, 1.82) is 0 Å². The Balaban J connectivity index is 3.74. The zero-order valence-electron chi connectivity index (χ0n) is 9.09. The number of carbonyl (C=O) groups is 1. The highest BCUT2D eigenvalue weighted by molar-refractivity contribution is 9.09. The van der Waals surface area contributed by atoms with Crippen LogP contribution in [-0.2, 0) is 9.47 Å². The number of carbonyl (C=O) groups excluding carboxylic acids is 1. The molecule has 4 nitrogen and oxygen atoms in total. The minimum absolute atomic E-state index is 0.0254. The Bertz CT molecular complexity index is 175. The molecule has 0 aliphatic heterocycles. The molecule has 5 heteroatoms. The lowest BCUT2D eigenvalue weighted by atomic mass is 10.2. The smallest absolute Gasteiger partial charge is 0.407 e. The number of ether oxygens (including phenoxy) is 2. The summed E-state index contributed by atoms with van der Waals surface area (Å²) < 4.78 is 10.1. The topological polar surface area (TPSA) is 47.6 Å². The van der Waals surface area contributed by atoms with E-state index in [9.17, 15) is 4.79 Å². The van der Waals surface area contributed by atoms with Crippen LogP contribution in [0.25, 0.3) is 0 Å². The summed E-state index contributed by atoms with van der Waals surface area (Å²) in [5.41, 5.74) is -0.457. The molecule has 0 heterocycles. The Labute approximate surface area is 93.5 Å². The van der Waals surface area contributed by atoms with Gasteiger partial charge in [-0.2, -0.15) is 0 Å². The van der Waals surface area contributed by atoms with Gasteiger partial charge in [-0.25, -0.2) is 4.79 Å². The third kappa shape index (κ3) is 7.15. The maximum Gasteiger partial charge on any atom is 0.407 e. The molecule has 0 rings (SSSR count). The van der Waals surface area contributed by atoms with E-state index in [0.717, 1.165) is 0 Å². The first kappa shape index (κ1) is 13.7. The summed E-state index contributed by atoms with van der Waals surface area (Å²) in [5.74, 6) is 0. The molecule has 0 radical (unpaired) electrons. The van der Waals surface area contributed by atoms with Gasteiger partial charge in [-0.15, -0.1) is 0 Å². The van der Waals surface area contributed by atoms with Gasteiger partial charge in [-0.1, -0.05) is 15.9 Å². The average Bonchev–Trinajstić information content (AvgIpc) is 2.03. The molecular weight excluding hydrogens is 250 g/mol. The van der Waals surface area contributed by atoms with Crippen LogP contribution >= 0.6 is 15.9 Å². The molecule has 0 aromatic rings. The standard InChI is InChI=1S/C9H18BrNO3/c1-9(2,3)14-8(12)11-6-7(5-10)13-4/h7H,5-6H2,1-4H3,(H,11,12). The third-order valence-electron chi connectivity index (χ3n) is 1.38. The first-order valence-electron chi connectivity index (χ1n) is 4.44. The van der Waals surface area contributed by atoms with Gasteiger partial charge >= 0.3 is 6.09 Å². The van der Waals surface area contributed by atoms with E-state index < -0.39 is 11.7 Å². The lowest BCUT2D eigenvalue weighted by Crippen LogP contribution is -2.38.